The van der Waals surface area contributed by atoms with Gasteiger partial charge in [-0.1, -0.05) is 45.4 Å². The molecular weight excluding hydrogens is 1250 g/mol. The monoisotopic (exact) mass is 1350 g/mol. The summed E-state index contributed by atoms with van der Waals surface area (Å²) in [7, 11) is 2.67. The maximum atomic E-state index is 15.5. The van der Waals surface area contributed by atoms with Crippen molar-refractivity contribution in [3.63, 3.8) is 0 Å². The summed E-state index contributed by atoms with van der Waals surface area (Å²) in [5.41, 5.74) is -1.54. The van der Waals surface area contributed by atoms with E-state index in [0.29, 0.717) is 6.42 Å². The Morgan fingerprint density at radius 3 is 1.94 bits per heavy atom. The summed E-state index contributed by atoms with van der Waals surface area (Å²) in [4.78, 5) is 67.6. The number of rotatable bonds is 28. The van der Waals surface area contributed by atoms with Crippen molar-refractivity contribution in [2.75, 3.05) is 27.4 Å². The second-order valence-corrected chi connectivity index (χ2v) is 26.7. The third-order valence-electron chi connectivity index (χ3n) is 19.5. The fraction of sp³-hybridized carbons (Fsp3) is 0.779. The molecule has 27 nitrogen and oxygen atoms in total. The molecule has 8 rings (SSSR count). The Kier molecular flexibility index (Phi) is 26.7. The minimum atomic E-state index is -1.96. The highest BCUT2D eigenvalue weighted by molar-refractivity contribution is 6.11. The van der Waals surface area contributed by atoms with Crippen LogP contribution < -0.4 is 4.74 Å². The van der Waals surface area contributed by atoms with Crippen LogP contribution in [-0.2, 0) is 91.9 Å². The number of aromatic hydroxyl groups is 2. The average molecular weight is 1350 g/mol. The van der Waals surface area contributed by atoms with E-state index in [1.165, 1.54) is 61.0 Å². The summed E-state index contributed by atoms with van der Waals surface area (Å²) < 4.78 is 90.7. The second kappa shape index (κ2) is 33.4. The molecule has 7 N–H and O–H groups in total. The molecule has 25 unspecified atom stereocenters. The number of benzene rings is 2. The predicted octanol–water partition coefficient (Wildman–Crippen LogP) is 5.14. The van der Waals surface area contributed by atoms with Gasteiger partial charge in [-0.25, -0.2) is 0 Å². The molecule has 0 saturated carbocycles. The number of phenols is 2. The minimum absolute atomic E-state index is 0.0338. The Balaban J connectivity index is 1.05. The van der Waals surface area contributed by atoms with E-state index < -0.39 is 193 Å². The lowest BCUT2D eigenvalue weighted by atomic mass is 9.75. The molecule has 95 heavy (non-hydrogen) atoms. The van der Waals surface area contributed by atoms with Crippen LogP contribution in [0.25, 0.3) is 10.8 Å². The first-order valence-corrected chi connectivity index (χ1v) is 33.6. The van der Waals surface area contributed by atoms with Gasteiger partial charge in [-0.05, 0) is 91.3 Å². The number of aliphatic hydroxyl groups is 5. The molecule has 25 atom stereocenters. The molecule has 1 aliphatic carbocycles. The third-order valence-corrected chi connectivity index (χ3v) is 19.5. The van der Waals surface area contributed by atoms with Gasteiger partial charge in [0.25, 0.3) is 0 Å². The van der Waals surface area contributed by atoms with Crippen LogP contribution in [0, 0.1) is 18.8 Å². The number of fused-ring (bicyclic) bond motifs is 2. The highest BCUT2D eigenvalue weighted by Gasteiger charge is 2.53. The first-order valence-electron chi connectivity index (χ1n) is 33.6. The highest BCUT2D eigenvalue weighted by atomic mass is 16.7. The van der Waals surface area contributed by atoms with E-state index in [4.69, 9.17) is 71.1 Å². The number of ether oxygens (including phenoxy) is 15. The number of phenolic OH excluding ortho intramolecular Hbond substituents is 2. The average Bonchev–Trinajstić information content (AvgIpc) is 0.737. The molecule has 0 amide bonds. The van der Waals surface area contributed by atoms with E-state index in [9.17, 15) is 54.9 Å². The smallest absolute Gasteiger partial charge is 0.306 e. The van der Waals surface area contributed by atoms with Gasteiger partial charge in [-0.15, -0.1) is 0 Å². The van der Waals surface area contributed by atoms with E-state index in [1.807, 2.05) is 0 Å². The van der Waals surface area contributed by atoms with Gasteiger partial charge >= 0.3 is 17.9 Å². The Bertz CT molecular complexity index is 2910. The van der Waals surface area contributed by atoms with Gasteiger partial charge in [0.15, 0.2) is 48.7 Å². The number of unbranched alkanes of at least 4 members (excludes halogenated alkanes) is 6. The van der Waals surface area contributed by atoms with Crippen molar-refractivity contribution in [3.8, 4) is 17.2 Å². The van der Waals surface area contributed by atoms with Gasteiger partial charge in [-0.3, -0.25) is 24.0 Å². The van der Waals surface area contributed by atoms with Crippen molar-refractivity contribution in [1.29, 1.82) is 0 Å². The molecule has 5 saturated heterocycles. The van der Waals surface area contributed by atoms with Crippen LogP contribution in [0.2, 0.25) is 0 Å². The Hall–Kier alpha value is -4.79. The maximum absolute atomic E-state index is 15.5. The molecule has 536 valence electrons. The standard InChI is InChI=1S/C68H102O27/c1-14-15-16-17-18-19-20-21-49(72)85-34(5)59(76)62(79)65(82-13)43-23-40-22-41-24-45(92-52-28-48(64(36(7)89-52)90-38(9)69)94-50-25-44(71)63(81-12)35(6)88-50)31(2)56(73)54(41)60(77)55(40)61(78)66(43)95-53-27-47(58(75)33(4)87-53)93-51-26-46(57(74)32(3)86-51)84-30-42-29-83-37(8)67(68(42,11)80)91-39(10)70/h22,24,32-37,42-44,46-48,50-53,57-59,63-67,71,73-77,80H,14-21,23,25-30H2,1-13H3. The van der Waals surface area contributed by atoms with Crippen molar-refractivity contribution in [2.24, 2.45) is 11.8 Å². The fourth-order valence-electron chi connectivity index (χ4n) is 14.1. The van der Waals surface area contributed by atoms with Crippen molar-refractivity contribution < 1.29 is 131 Å². The van der Waals surface area contributed by atoms with Crippen LogP contribution >= 0.6 is 0 Å². The Morgan fingerprint density at radius 2 is 1.29 bits per heavy atom. The second-order valence-electron chi connectivity index (χ2n) is 26.7. The first-order chi connectivity index (χ1) is 45.0. The third kappa shape index (κ3) is 18.0. The minimum Gasteiger partial charge on any atom is -0.507 e. The van der Waals surface area contributed by atoms with E-state index >= 15 is 4.79 Å². The lowest BCUT2D eigenvalue weighted by molar-refractivity contribution is -0.314. The summed E-state index contributed by atoms with van der Waals surface area (Å²) in [5, 5.41) is 81.6. The first kappa shape index (κ1) is 76.0. The lowest BCUT2D eigenvalue weighted by Crippen LogP contribution is -2.60. The molecule has 6 aliphatic rings. The fourth-order valence-corrected chi connectivity index (χ4v) is 14.1. The van der Waals surface area contributed by atoms with Crippen LogP contribution in [0.3, 0.4) is 0 Å². The van der Waals surface area contributed by atoms with E-state index in [-0.39, 0.29) is 85.0 Å². The predicted molar refractivity (Wildman–Crippen MR) is 334 cm³/mol. The van der Waals surface area contributed by atoms with Crippen molar-refractivity contribution in [2.45, 2.75) is 300 Å². The topological polar surface area (TPSA) is 365 Å². The number of carbonyl (C=O) groups excluding carboxylic acids is 5. The van der Waals surface area contributed by atoms with Gasteiger partial charge in [0.2, 0.25) is 6.29 Å². The number of ketones is 2. The normalized spacial score (nSPS) is 36.1. The van der Waals surface area contributed by atoms with Crippen LogP contribution in [0.1, 0.15) is 168 Å². The molecule has 0 radical (unpaired) electrons. The molecule has 5 heterocycles. The maximum Gasteiger partial charge on any atom is 0.306 e. The summed E-state index contributed by atoms with van der Waals surface area (Å²) in [6, 6.07) is 3.07. The van der Waals surface area contributed by atoms with Gasteiger partial charge in [-0.2, -0.15) is 0 Å². The quantitative estimate of drug-likeness (QED) is 0.0329. The number of Topliss-reactive ketones (excluding diaryl/α,β-unsaturated/α-hetero) is 2. The summed E-state index contributed by atoms with van der Waals surface area (Å²) >= 11 is 0. The molecule has 5 aliphatic heterocycles. The van der Waals surface area contributed by atoms with Crippen LogP contribution in [0.4, 0.5) is 0 Å². The van der Waals surface area contributed by atoms with Crippen molar-refractivity contribution in [3.05, 3.63) is 28.8 Å². The number of carbonyl (C=O) groups is 5. The zero-order valence-corrected chi connectivity index (χ0v) is 56.9. The largest absolute Gasteiger partial charge is 0.507 e. The van der Waals surface area contributed by atoms with Crippen molar-refractivity contribution >= 4 is 40.2 Å². The Labute approximate surface area is 554 Å². The number of hydrogen-bond donors (Lipinski definition) is 7. The number of aliphatic hydroxyl groups excluding tert-OH is 4. The summed E-state index contributed by atoms with van der Waals surface area (Å²) in [6.45, 7) is 17.2. The van der Waals surface area contributed by atoms with E-state index in [0.717, 1.165) is 38.5 Å². The van der Waals surface area contributed by atoms with E-state index in [2.05, 4.69) is 6.92 Å². The molecule has 5 fully saturated rings. The van der Waals surface area contributed by atoms with Crippen LogP contribution in [0.15, 0.2) is 12.1 Å². The Morgan fingerprint density at radius 1 is 0.716 bits per heavy atom. The highest BCUT2D eigenvalue weighted by Crippen LogP contribution is 2.48. The van der Waals surface area contributed by atoms with Gasteiger partial charge < -0.3 is 107 Å². The van der Waals surface area contributed by atoms with Crippen LogP contribution in [-0.4, -0.2) is 233 Å². The number of hydrogen-bond acceptors (Lipinski definition) is 27. The number of methoxy groups -OCH3 is 2. The van der Waals surface area contributed by atoms with Crippen molar-refractivity contribution in [1.82, 2.24) is 0 Å². The SMILES string of the molecule is CCCCCCCCCC(=O)OC(C)C(O)C(=O)C(OC)C1Cc2cc3cc(OC4CC(OC5CC(O)C(OC)C(C)O5)C(OC(C)=O)C(C)O4)c(C)c(O)c3c(O)c2C(=O)C1OC1CC(OC2CC(OCC3COC(C)C(OC(C)=O)C3(C)O)C(O)C(C)O2)C(O)C(C)O1. The lowest BCUT2D eigenvalue weighted by Gasteiger charge is -2.46. The number of esters is 3. The molecule has 0 bridgehead atoms. The zero-order chi connectivity index (χ0) is 69.5. The zero-order valence-electron chi connectivity index (χ0n) is 56.9. The van der Waals surface area contributed by atoms with Gasteiger partial charge in [0.1, 0.15) is 65.6 Å². The molecule has 2 aromatic rings. The molecule has 27 heteroatoms. The van der Waals surface area contributed by atoms with Gasteiger partial charge in [0, 0.05) is 77.6 Å². The van der Waals surface area contributed by atoms with Crippen LogP contribution in [0.5, 0.6) is 17.2 Å². The van der Waals surface area contributed by atoms with Gasteiger partial charge in [0.05, 0.1) is 73.0 Å². The summed E-state index contributed by atoms with van der Waals surface area (Å²) in [5.74, 6) is -6.65. The molecule has 0 aromatic heterocycles. The van der Waals surface area contributed by atoms with E-state index in [1.54, 1.807) is 34.6 Å². The summed E-state index contributed by atoms with van der Waals surface area (Å²) in [6.07, 6.45) is -17.8. The molecule has 2 aromatic carbocycles. The molecular formula is C68H102O27. The molecule has 0 spiro atoms.